The molecule has 0 saturated carbocycles. The lowest BCUT2D eigenvalue weighted by atomic mass is 9.90. The van der Waals surface area contributed by atoms with E-state index in [9.17, 15) is 9.65 Å². The zero-order valence-corrected chi connectivity index (χ0v) is 16.2. The second kappa shape index (κ2) is 7.25. The van der Waals surface area contributed by atoms with Crippen molar-refractivity contribution in [2.75, 3.05) is 13.7 Å². The average Bonchev–Trinajstić information content (AvgIpc) is 3.21. The Labute approximate surface area is 172 Å². The van der Waals surface area contributed by atoms with Crippen LogP contribution in [0, 0.1) is 17.1 Å². The summed E-state index contributed by atoms with van der Waals surface area (Å²) in [6.45, 7) is 0.809. The molecule has 148 valence electrons. The summed E-state index contributed by atoms with van der Waals surface area (Å²) in [7, 11) is 1.51. The van der Waals surface area contributed by atoms with Crippen molar-refractivity contribution in [3.8, 4) is 23.1 Å². The number of H-pyrrole nitrogens is 1. The smallest absolute Gasteiger partial charge is 0.136 e. The van der Waals surface area contributed by atoms with Gasteiger partial charge in [0.1, 0.15) is 17.1 Å². The van der Waals surface area contributed by atoms with Crippen molar-refractivity contribution >= 4 is 10.9 Å². The first-order valence-corrected chi connectivity index (χ1v) is 9.63. The van der Waals surface area contributed by atoms with Crippen molar-refractivity contribution in [1.82, 2.24) is 20.5 Å². The third-order valence-electron chi connectivity index (χ3n) is 5.54. The van der Waals surface area contributed by atoms with E-state index >= 15 is 0 Å². The first-order chi connectivity index (χ1) is 14.7. The van der Waals surface area contributed by atoms with Crippen LogP contribution in [0.2, 0.25) is 0 Å². The number of pyridine rings is 1. The van der Waals surface area contributed by atoms with Gasteiger partial charge in [0.15, 0.2) is 0 Å². The summed E-state index contributed by atoms with van der Waals surface area (Å²) in [5.74, 6) is 0.0257. The lowest BCUT2D eigenvalue weighted by Gasteiger charge is -2.26. The van der Waals surface area contributed by atoms with Gasteiger partial charge in [0, 0.05) is 11.9 Å². The van der Waals surface area contributed by atoms with E-state index in [0.717, 1.165) is 29.6 Å². The molecule has 7 heteroatoms. The molecule has 0 spiro atoms. The van der Waals surface area contributed by atoms with Gasteiger partial charge >= 0.3 is 0 Å². The standard InChI is InChI=1S/C23H18FN5O/c1-30-20-4-2-3-17(24)21(20)18-10-16-19(12-27-18)28-29-23(16)22-15-9-13(11-25)5-6-14(15)7-8-26-22/h2-6,9-10,12,22,26H,7-8H2,1H3,(H,28,29). The fourth-order valence-corrected chi connectivity index (χ4v) is 4.09. The first-order valence-electron chi connectivity index (χ1n) is 9.63. The highest BCUT2D eigenvalue weighted by Crippen LogP contribution is 2.36. The molecule has 0 aliphatic carbocycles. The number of rotatable bonds is 3. The summed E-state index contributed by atoms with van der Waals surface area (Å²) >= 11 is 0. The number of nitrogens with one attached hydrogen (secondary N) is 2. The van der Waals surface area contributed by atoms with E-state index in [2.05, 4.69) is 26.6 Å². The molecule has 1 aliphatic heterocycles. The Morgan fingerprint density at radius 2 is 2.13 bits per heavy atom. The number of hydrogen-bond acceptors (Lipinski definition) is 5. The van der Waals surface area contributed by atoms with Gasteiger partial charge in [-0.2, -0.15) is 10.4 Å². The third-order valence-corrected chi connectivity index (χ3v) is 5.54. The van der Waals surface area contributed by atoms with Crippen LogP contribution < -0.4 is 10.1 Å². The molecule has 30 heavy (non-hydrogen) atoms. The molecular weight excluding hydrogens is 381 g/mol. The summed E-state index contributed by atoms with van der Waals surface area (Å²) in [6, 6.07) is 14.4. The highest BCUT2D eigenvalue weighted by atomic mass is 19.1. The number of benzene rings is 2. The number of aromatic nitrogens is 3. The molecule has 2 N–H and O–H groups in total. The molecular formula is C23H18FN5O. The Balaban J connectivity index is 1.67. The highest BCUT2D eigenvalue weighted by molar-refractivity contribution is 5.86. The van der Waals surface area contributed by atoms with Gasteiger partial charge in [0.05, 0.1) is 47.9 Å². The minimum atomic E-state index is -0.397. The fraction of sp³-hybridized carbons (Fsp3) is 0.174. The zero-order valence-electron chi connectivity index (χ0n) is 16.2. The molecule has 4 aromatic rings. The quantitative estimate of drug-likeness (QED) is 0.546. The number of ether oxygens (including phenoxy) is 1. The van der Waals surface area contributed by atoms with Crippen LogP contribution in [0.3, 0.4) is 0 Å². The summed E-state index contributed by atoms with van der Waals surface area (Å²) in [5.41, 5.74) is 5.21. The fourth-order valence-electron chi connectivity index (χ4n) is 4.09. The molecule has 1 atom stereocenters. The van der Waals surface area contributed by atoms with Crippen LogP contribution in [0.5, 0.6) is 5.75 Å². The molecule has 1 aliphatic rings. The minimum Gasteiger partial charge on any atom is -0.496 e. The summed E-state index contributed by atoms with van der Waals surface area (Å²) in [4.78, 5) is 4.41. The lowest BCUT2D eigenvalue weighted by Crippen LogP contribution is -2.31. The SMILES string of the molecule is COc1cccc(F)c1-c1cc2c(C3NCCc4ccc(C#N)cc43)[nH]nc2cn1. The number of hydrogen-bond donors (Lipinski definition) is 2. The van der Waals surface area contributed by atoms with Crippen LogP contribution in [0.15, 0.2) is 48.7 Å². The first kappa shape index (κ1) is 18.3. The molecule has 2 aromatic carbocycles. The van der Waals surface area contributed by atoms with Crippen LogP contribution in [0.1, 0.15) is 28.4 Å². The van der Waals surface area contributed by atoms with Crippen molar-refractivity contribution in [2.45, 2.75) is 12.5 Å². The van der Waals surface area contributed by atoms with E-state index < -0.39 is 5.82 Å². The normalized spacial score (nSPS) is 15.6. The van der Waals surface area contributed by atoms with Gasteiger partial charge in [-0.1, -0.05) is 12.1 Å². The predicted octanol–water partition coefficient (Wildman–Crippen LogP) is 3.88. The number of fused-ring (bicyclic) bond motifs is 2. The Bertz CT molecular complexity index is 1310. The molecule has 0 amide bonds. The van der Waals surface area contributed by atoms with Crippen LogP contribution >= 0.6 is 0 Å². The van der Waals surface area contributed by atoms with Crippen LogP contribution in [-0.2, 0) is 6.42 Å². The van der Waals surface area contributed by atoms with Gasteiger partial charge < -0.3 is 10.1 Å². The monoisotopic (exact) mass is 399 g/mol. The second-order valence-electron chi connectivity index (χ2n) is 7.20. The summed E-state index contributed by atoms with van der Waals surface area (Å²) < 4.78 is 19.9. The van der Waals surface area contributed by atoms with E-state index in [1.807, 2.05) is 24.3 Å². The van der Waals surface area contributed by atoms with Crippen LogP contribution in [0.4, 0.5) is 4.39 Å². The number of nitriles is 1. The molecule has 0 bridgehead atoms. The molecule has 6 nitrogen and oxygen atoms in total. The summed E-state index contributed by atoms with van der Waals surface area (Å²) in [6.07, 6.45) is 2.52. The Morgan fingerprint density at radius 3 is 2.97 bits per heavy atom. The zero-order chi connectivity index (χ0) is 20.7. The maximum Gasteiger partial charge on any atom is 0.136 e. The van der Waals surface area contributed by atoms with E-state index in [1.165, 1.54) is 18.7 Å². The Hall–Kier alpha value is -3.76. The van der Waals surface area contributed by atoms with Gasteiger partial charge in [0.2, 0.25) is 0 Å². The van der Waals surface area contributed by atoms with Crippen molar-refractivity contribution in [3.05, 3.63) is 76.9 Å². The predicted molar refractivity (Wildman–Crippen MR) is 111 cm³/mol. The van der Waals surface area contributed by atoms with Gasteiger partial charge in [-0.05, 0) is 47.9 Å². The van der Waals surface area contributed by atoms with Crippen LogP contribution in [-0.4, -0.2) is 28.8 Å². The number of methoxy groups -OCH3 is 1. The topological polar surface area (TPSA) is 86.6 Å². The van der Waals surface area contributed by atoms with Gasteiger partial charge in [-0.3, -0.25) is 10.1 Å². The van der Waals surface area contributed by atoms with E-state index in [-0.39, 0.29) is 6.04 Å². The number of nitrogens with zero attached hydrogens (tertiary/aromatic N) is 3. The van der Waals surface area contributed by atoms with Crippen molar-refractivity contribution < 1.29 is 9.13 Å². The van der Waals surface area contributed by atoms with Crippen molar-refractivity contribution in [2.24, 2.45) is 0 Å². The minimum absolute atomic E-state index is 0.148. The molecule has 2 aromatic heterocycles. The van der Waals surface area contributed by atoms with Gasteiger partial charge in [0.25, 0.3) is 0 Å². The van der Waals surface area contributed by atoms with Gasteiger partial charge in [-0.25, -0.2) is 4.39 Å². The van der Waals surface area contributed by atoms with Gasteiger partial charge in [-0.15, -0.1) is 0 Å². The Kier molecular flexibility index (Phi) is 4.42. The third kappa shape index (κ3) is 2.90. The van der Waals surface area contributed by atoms with Crippen LogP contribution in [0.25, 0.3) is 22.2 Å². The van der Waals surface area contributed by atoms with Crippen molar-refractivity contribution in [3.63, 3.8) is 0 Å². The maximum atomic E-state index is 14.6. The molecule has 1 unspecified atom stereocenters. The van der Waals surface area contributed by atoms with E-state index in [0.29, 0.717) is 28.1 Å². The number of halogens is 1. The van der Waals surface area contributed by atoms with E-state index in [1.54, 1.807) is 18.3 Å². The summed E-state index contributed by atoms with van der Waals surface area (Å²) in [5, 5.41) is 21.2. The maximum absolute atomic E-state index is 14.6. The Morgan fingerprint density at radius 1 is 1.23 bits per heavy atom. The lowest BCUT2D eigenvalue weighted by molar-refractivity contribution is 0.413. The second-order valence-corrected chi connectivity index (χ2v) is 7.20. The highest BCUT2D eigenvalue weighted by Gasteiger charge is 2.26. The molecule has 5 rings (SSSR count). The average molecular weight is 399 g/mol. The van der Waals surface area contributed by atoms with E-state index in [4.69, 9.17) is 4.74 Å². The largest absolute Gasteiger partial charge is 0.496 e. The number of aromatic amines is 1. The molecule has 3 heterocycles. The van der Waals surface area contributed by atoms with Crippen molar-refractivity contribution in [1.29, 1.82) is 5.26 Å². The molecule has 0 fully saturated rings. The molecule has 0 radical (unpaired) electrons. The molecule has 0 saturated heterocycles.